The number of hydrogen-bond acceptors (Lipinski definition) is 4. The van der Waals surface area contributed by atoms with Crippen LogP contribution in [0.15, 0.2) is 18.3 Å². The summed E-state index contributed by atoms with van der Waals surface area (Å²) in [4.78, 5) is 18.9. The Kier molecular flexibility index (Phi) is 4.34. The fourth-order valence-electron chi connectivity index (χ4n) is 4.11. The largest absolute Gasteiger partial charge is 0.481 e. The summed E-state index contributed by atoms with van der Waals surface area (Å²) in [6.07, 6.45) is 7.59. The van der Waals surface area contributed by atoms with Crippen LogP contribution in [0.25, 0.3) is 0 Å². The number of hydrogen-bond donors (Lipinski definition) is 0. The van der Waals surface area contributed by atoms with E-state index in [9.17, 15) is 4.79 Å². The molecule has 0 unspecified atom stereocenters. The van der Waals surface area contributed by atoms with E-state index in [1.165, 1.54) is 6.42 Å². The first-order valence-electron chi connectivity index (χ1n) is 8.01. The van der Waals surface area contributed by atoms with Crippen LogP contribution >= 0.6 is 0 Å². The van der Waals surface area contributed by atoms with Crippen molar-refractivity contribution >= 4 is 5.91 Å². The van der Waals surface area contributed by atoms with Crippen molar-refractivity contribution in [3.05, 3.63) is 23.9 Å². The molecule has 1 amide bonds. The minimum Gasteiger partial charge on any atom is -0.481 e. The number of nitrogens with zero attached hydrogens (tertiary/aromatic N) is 2. The normalized spacial score (nSPS) is 28.1. The van der Waals surface area contributed by atoms with E-state index < -0.39 is 0 Å². The summed E-state index contributed by atoms with van der Waals surface area (Å²) < 4.78 is 10.8. The number of carbonyl (C=O) groups excluding carboxylic acids is 1. The van der Waals surface area contributed by atoms with Crippen molar-refractivity contribution in [3.63, 3.8) is 0 Å². The molecule has 2 heterocycles. The molecule has 1 saturated heterocycles. The average Bonchev–Trinajstić information content (AvgIpc) is 2.96. The molecule has 0 N–H and O–H groups in total. The average molecular weight is 304 g/mol. The second-order valence-corrected chi connectivity index (χ2v) is 6.40. The van der Waals surface area contributed by atoms with Crippen molar-refractivity contribution < 1.29 is 14.3 Å². The third-order valence-electron chi connectivity index (χ3n) is 5.20. The number of methoxy groups -OCH3 is 2. The summed E-state index contributed by atoms with van der Waals surface area (Å²) in [5.74, 6) is 0.551. The van der Waals surface area contributed by atoms with Crippen molar-refractivity contribution in [2.24, 2.45) is 5.41 Å². The minimum absolute atomic E-state index is 0.0709. The zero-order valence-electron chi connectivity index (χ0n) is 13.4. The first kappa shape index (κ1) is 15.3. The summed E-state index contributed by atoms with van der Waals surface area (Å²) in [5, 5.41) is 0. The molecule has 2 aliphatic rings. The van der Waals surface area contributed by atoms with Gasteiger partial charge < -0.3 is 14.4 Å². The van der Waals surface area contributed by atoms with E-state index in [4.69, 9.17) is 9.47 Å². The third kappa shape index (κ3) is 2.70. The zero-order valence-corrected chi connectivity index (χ0v) is 13.4. The first-order chi connectivity index (χ1) is 10.7. The molecular weight excluding hydrogens is 280 g/mol. The number of carbonyl (C=O) groups is 1. The molecule has 22 heavy (non-hydrogen) atoms. The number of likely N-dealkylation sites (tertiary alicyclic amines) is 1. The van der Waals surface area contributed by atoms with Crippen LogP contribution in [0.3, 0.4) is 0 Å². The highest BCUT2D eigenvalue weighted by Crippen LogP contribution is 2.46. The summed E-state index contributed by atoms with van der Waals surface area (Å²) in [6, 6.07) is 3.47. The molecule has 0 aromatic carbocycles. The highest BCUT2D eigenvalue weighted by molar-refractivity contribution is 5.94. The van der Waals surface area contributed by atoms with Crippen LogP contribution in [0.5, 0.6) is 5.88 Å². The lowest BCUT2D eigenvalue weighted by Gasteiger charge is -2.43. The van der Waals surface area contributed by atoms with Crippen molar-refractivity contribution in [2.75, 3.05) is 27.3 Å². The molecule has 0 radical (unpaired) electrons. The molecule has 2 atom stereocenters. The van der Waals surface area contributed by atoms with Crippen molar-refractivity contribution in [3.8, 4) is 5.88 Å². The fraction of sp³-hybridized carbons (Fsp3) is 0.647. The molecule has 1 aliphatic heterocycles. The van der Waals surface area contributed by atoms with Gasteiger partial charge in [0, 0.05) is 43.4 Å². The summed E-state index contributed by atoms with van der Waals surface area (Å²) in [7, 11) is 3.36. The predicted molar refractivity (Wildman–Crippen MR) is 83.0 cm³/mol. The lowest BCUT2D eigenvalue weighted by atomic mass is 9.76. The molecule has 1 saturated carbocycles. The maximum Gasteiger partial charge on any atom is 0.254 e. The quantitative estimate of drug-likeness (QED) is 0.861. The highest BCUT2D eigenvalue weighted by atomic mass is 16.5. The van der Waals surface area contributed by atoms with Gasteiger partial charge in [-0.15, -0.1) is 0 Å². The molecule has 1 aliphatic carbocycles. The standard InChI is InChI=1S/C17H24N2O3/c1-21-14-5-3-7-17(14)8-4-10-19(12-17)16(20)13-6-9-18-15(11-13)22-2/h6,9,11,14H,3-5,7-8,10,12H2,1-2H3/t14-,17+/m1/s1. The zero-order chi connectivity index (χ0) is 15.6. The Labute approximate surface area is 131 Å². The van der Waals surface area contributed by atoms with Crippen LogP contribution in [0.1, 0.15) is 42.5 Å². The van der Waals surface area contributed by atoms with Gasteiger partial charge >= 0.3 is 0 Å². The second-order valence-electron chi connectivity index (χ2n) is 6.40. The maximum atomic E-state index is 12.8. The smallest absolute Gasteiger partial charge is 0.254 e. The lowest BCUT2D eigenvalue weighted by molar-refractivity contribution is -0.0295. The maximum absolute atomic E-state index is 12.8. The number of pyridine rings is 1. The van der Waals surface area contributed by atoms with Crippen molar-refractivity contribution in [2.45, 2.75) is 38.2 Å². The minimum atomic E-state index is 0.0709. The van der Waals surface area contributed by atoms with Gasteiger partial charge in [-0.1, -0.05) is 6.42 Å². The van der Waals surface area contributed by atoms with Gasteiger partial charge in [-0.2, -0.15) is 0 Å². The number of amides is 1. The van der Waals surface area contributed by atoms with E-state index in [2.05, 4.69) is 4.98 Å². The van der Waals surface area contributed by atoms with E-state index >= 15 is 0 Å². The summed E-state index contributed by atoms with van der Waals surface area (Å²) in [6.45, 7) is 1.62. The molecule has 0 bridgehead atoms. The van der Waals surface area contributed by atoms with E-state index in [-0.39, 0.29) is 17.4 Å². The van der Waals surface area contributed by atoms with E-state index in [1.54, 1.807) is 32.5 Å². The van der Waals surface area contributed by atoms with Crippen LogP contribution in [-0.4, -0.2) is 49.2 Å². The molecule has 2 fully saturated rings. The first-order valence-corrected chi connectivity index (χ1v) is 8.01. The van der Waals surface area contributed by atoms with Gasteiger partial charge in [0.2, 0.25) is 5.88 Å². The Hall–Kier alpha value is -1.62. The molecule has 1 aromatic heterocycles. The summed E-state index contributed by atoms with van der Waals surface area (Å²) >= 11 is 0. The lowest BCUT2D eigenvalue weighted by Crippen LogP contribution is -2.49. The van der Waals surface area contributed by atoms with Gasteiger partial charge in [-0.25, -0.2) is 4.98 Å². The van der Waals surface area contributed by atoms with Crippen molar-refractivity contribution in [1.29, 1.82) is 0 Å². The molecule has 5 nitrogen and oxygen atoms in total. The third-order valence-corrected chi connectivity index (χ3v) is 5.20. The van der Waals surface area contributed by atoms with Gasteiger partial charge in [0.25, 0.3) is 5.91 Å². The molecule has 120 valence electrons. The van der Waals surface area contributed by atoms with E-state index in [0.29, 0.717) is 11.4 Å². The second kappa shape index (κ2) is 6.24. The molecular formula is C17H24N2O3. The van der Waals surface area contributed by atoms with Gasteiger partial charge in [0.05, 0.1) is 13.2 Å². The summed E-state index contributed by atoms with van der Waals surface area (Å²) in [5.41, 5.74) is 0.802. The van der Waals surface area contributed by atoms with Crippen LogP contribution in [0, 0.1) is 5.41 Å². The Balaban J connectivity index is 1.78. The topological polar surface area (TPSA) is 51.7 Å². The number of ether oxygens (including phenoxy) is 2. The number of rotatable bonds is 3. The Morgan fingerprint density at radius 2 is 2.18 bits per heavy atom. The monoisotopic (exact) mass is 304 g/mol. The predicted octanol–water partition coefficient (Wildman–Crippen LogP) is 2.51. The Morgan fingerprint density at radius 1 is 1.36 bits per heavy atom. The van der Waals surface area contributed by atoms with E-state index in [1.807, 2.05) is 4.90 Å². The van der Waals surface area contributed by atoms with Gasteiger partial charge in [0.15, 0.2) is 0 Å². The molecule has 5 heteroatoms. The SMILES string of the molecule is COc1cc(C(=O)N2CCC[C@@]3(CCC[C@H]3OC)C2)ccn1. The van der Waals surface area contributed by atoms with Crippen LogP contribution in [0.4, 0.5) is 0 Å². The highest BCUT2D eigenvalue weighted by Gasteiger charge is 2.46. The van der Waals surface area contributed by atoms with Crippen LogP contribution < -0.4 is 4.74 Å². The molecule has 1 spiro atoms. The molecule has 3 rings (SSSR count). The Bertz CT molecular complexity index is 548. The Morgan fingerprint density at radius 3 is 2.95 bits per heavy atom. The van der Waals surface area contributed by atoms with Crippen LogP contribution in [0.2, 0.25) is 0 Å². The van der Waals surface area contributed by atoms with E-state index in [0.717, 1.165) is 38.8 Å². The number of aromatic nitrogens is 1. The van der Waals surface area contributed by atoms with Crippen LogP contribution in [-0.2, 0) is 4.74 Å². The van der Waals surface area contributed by atoms with Gasteiger partial charge in [0.1, 0.15) is 0 Å². The number of piperidine rings is 1. The van der Waals surface area contributed by atoms with Gasteiger partial charge in [-0.3, -0.25) is 4.79 Å². The fourth-order valence-corrected chi connectivity index (χ4v) is 4.11. The molecule has 1 aromatic rings. The van der Waals surface area contributed by atoms with Crippen molar-refractivity contribution in [1.82, 2.24) is 9.88 Å². The van der Waals surface area contributed by atoms with Gasteiger partial charge in [-0.05, 0) is 31.7 Å².